The predicted molar refractivity (Wildman–Crippen MR) is 129 cm³/mol. The van der Waals surface area contributed by atoms with Crippen LogP contribution >= 0.6 is 0 Å². The lowest BCUT2D eigenvalue weighted by Crippen LogP contribution is -2.33. The molecule has 11 heteroatoms. The molecular weight excluding hydrogens is 465 g/mol. The first-order valence-corrected chi connectivity index (χ1v) is 11.6. The Morgan fingerprint density at radius 3 is 2.92 bits per heavy atom. The van der Waals surface area contributed by atoms with Gasteiger partial charge in [-0.25, -0.2) is 9.18 Å². The van der Waals surface area contributed by atoms with E-state index in [2.05, 4.69) is 21.6 Å². The van der Waals surface area contributed by atoms with Gasteiger partial charge in [0, 0.05) is 25.6 Å². The summed E-state index contributed by atoms with van der Waals surface area (Å²) in [6.45, 7) is 3.00. The molecule has 2 aromatic carbocycles. The standard InChI is InChI=1S/C25H24FN7O3/c1-16(34)28-12-21-15-32(25(35)36-21)19-5-6-24(22(26)10-19)31-8-7-20(14-31)33-29-13-23(30-33)18-4-2-3-17(9-18)11-27/h2-6,9-10,13,20-21H,7-8,12,14-15H2,1H3,(H,28,34)/t20-,21+/m1/s1. The molecule has 1 N–H and O–H groups in total. The van der Waals surface area contributed by atoms with Crippen LogP contribution in [-0.2, 0) is 9.53 Å². The van der Waals surface area contributed by atoms with E-state index in [-0.39, 0.29) is 25.0 Å². The SMILES string of the molecule is CC(=O)NC[C@H]1CN(c2ccc(N3CC[C@@H](n4ncc(-c5cccc(C#N)c5)n4)C3)c(F)c2)C(=O)O1. The highest BCUT2D eigenvalue weighted by Crippen LogP contribution is 2.32. The molecule has 2 amide bonds. The van der Waals surface area contributed by atoms with Crippen LogP contribution in [0.4, 0.5) is 20.6 Å². The van der Waals surface area contributed by atoms with E-state index in [1.807, 2.05) is 17.0 Å². The normalized spacial score (nSPS) is 19.3. The lowest BCUT2D eigenvalue weighted by molar-refractivity contribution is -0.119. The third-order valence-electron chi connectivity index (χ3n) is 6.32. The van der Waals surface area contributed by atoms with E-state index in [9.17, 15) is 9.59 Å². The summed E-state index contributed by atoms with van der Waals surface area (Å²) >= 11 is 0. The quantitative estimate of drug-likeness (QED) is 0.566. The molecule has 3 aromatic rings. The Morgan fingerprint density at radius 1 is 1.28 bits per heavy atom. The number of nitrogens with one attached hydrogen (secondary N) is 1. The van der Waals surface area contributed by atoms with Crippen molar-refractivity contribution in [3.05, 3.63) is 60.0 Å². The van der Waals surface area contributed by atoms with Crippen LogP contribution in [0.3, 0.4) is 0 Å². The topological polar surface area (TPSA) is 116 Å². The molecule has 36 heavy (non-hydrogen) atoms. The summed E-state index contributed by atoms with van der Waals surface area (Å²) < 4.78 is 20.4. The zero-order valence-electron chi connectivity index (χ0n) is 19.6. The van der Waals surface area contributed by atoms with Crippen LogP contribution in [0, 0.1) is 17.1 Å². The van der Waals surface area contributed by atoms with Crippen LogP contribution in [0.5, 0.6) is 0 Å². The number of cyclic esters (lactones) is 1. The predicted octanol–water partition coefficient (Wildman–Crippen LogP) is 2.87. The largest absolute Gasteiger partial charge is 0.442 e. The van der Waals surface area contributed by atoms with Crippen molar-refractivity contribution in [2.24, 2.45) is 0 Å². The highest BCUT2D eigenvalue weighted by Gasteiger charge is 2.33. The Balaban J connectivity index is 1.25. The third-order valence-corrected chi connectivity index (χ3v) is 6.32. The summed E-state index contributed by atoms with van der Waals surface area (Å²) in [7, 11) is 0. The Kier molecular flexibility index (Phi) is 6.25. The van der Waals surface area contributed by atoms with Gasteiger partial charge in [-0.15, -0.1) is 0 Å². The summed E-state index contributed by atoms with van der Waals surface area (Å²) in [6, 6.07) is 14.0. The molecule has 0 bridgehead atoms. The number of carbonyl (C=O) groups excluding carboxylic acids is 2. The number of ether oxygens (including phenoxy) is 1. The molecule has 184 valence electrons. The van der Waals surface area contributed by atoms with Gasteiger partial charge in [0.2, 0.25) is 5.91 Å². The summed E-state index contributed by atoms with van der Waals surface area (Å²) in [6.07, 6.45) is 1.36. The minimum Gasteiger partial charge on any atom is -0.442 e. The number of anilines is 2. The van der Waals surface area contributed by atoms with Gasteiger partial charge in [0.05, 0.1) is 48.3 Å². The molecule has 2 aliphatic heterocycles. The Morgan fingerprint density at radius 2 is 2.14 bits per heavy atom. The lowest BCUT2D eigenvalue weighted by atomic mass is 10.1. The minimum atomic E-state index is -0.570. The number of carbonyl (C=O) groups is 2. The van der Waals surface area contributed by atoms with Crippen molar-refractivity contribution < 1.29 is 18.7 Å². The maximum atomic E-state index is 15.1. The molecular formula is C25H24FN7O3. The van der Waals surface area contributed by atoms with Crippen molar-refractivity contribution in [3.63, 3.8) is 0 Å². The number of hydrogen-bond acceptors (Lipinski definition) is 7. The van der Waals surface area contributed by atoms with E-state index in [1.54, 1.807) is 35.3 Å². The van der Waals surface area contributed by atoms with Crippen LogP contribution < -0.4 is 15.1 Å². The maximum absolute atomic E-state index is 15.1. The first-order valence-electron chi connectivity index (χ1n) is 11.6. The Hall–Kier alpha value is -4.46. The van der Waals surface area contributed by atoms with Crippen molar-refractivity contribution in [3.8, 4) is 17.3 Å². The average Bonchev–Trinajstić information content (AvgIpc) is 3.62. The monoisotopic (exact) mass is 489 g/mol. The van der Waals surface area contributed by atoms with Crippen molar-refractivity contribution in [1.29, 1.82) is 5.26 Å². The molecule has 2 atom stereocenters. The van der Waals surface area contributed by atoms with Crippen LogP contribution in [0.25, 0.3) is 11.3 Å². The van der Waals surface area contributed by atoms with Gasteiger partial charge in [-0.05, 0) is 36.8 Å². The molecule has 0 spiro atoms. The van der Waals surface area contributed by atoms with Gasteiger partial charge in [-0.1, -0.05) is 12.1 Å². The van der Waals surface area contributed by atoms with E-state index in [0.29, 0.717) is 35.7 Å². The zero-order chi connectivity index (χ0) is 25.2. The van der Waals surface area contributed by atoms with E-state index >= 15 is 4.39 Å². The van der Waals surface area contributed by atoms with Crippen LogP contribution in [-0.4, -0.2) is 59.3 Å². The zero-order valence-corrected chi connectivity index (χ0v) is 19.6. The van der Waals surface area contributed by atoms with Crippen molar-refractivity contribution in [1.82, 2.24) is 20.3 Å². The van der Waals surface area contributed by atoms with Crippen LogP contribution in [0.2, 0.25) is 0 Å². The van der Waals surface area contributed by atoms with E-state index in [1.165, 1.54) is 17.9 Å². The number of aromatic nitrogens is 3. The molecule has 5 rings (SSSR count). The first-order chi connectivity index (χ1) is 17.4. The molecule has 2 fully saturated rings. The fraction of sp³-hybridized carbons (Fsp3) is 0.320. The fourth-order valence-electron chi connectivity index (χ4n) is 4.50. The van der Waals surface area contributed by atoms with Gasteiger partial charge in [-0.2, -0.15) is 20.3 Å². The summed E-state index contributed by atoms with van der Waals surface area (Å²) in [5.41, 5.74) is 2.89. The summed E-state index contributed by atoms with van der Waals surface area (Å²) in [4.78, 5) is 28.3. The lowest BCUT2D eigenvalue weighted by Gasteiger charge is -2.21. The van der Waals surface area contributed by atoms with Crippen molar-refractivity contribution in [2.75, 3.05) is 36.0 Å². The Labute approximate surface area is 206 Å². The number of amides is 2. The number of halogens is 1. The Bertz CT molecular complexity index is 1350. The summed E-state index contributed by atoms with van der Waals surface area (Å²) in [5.74, 6) is -0.646. The molecule has 1 aromatic heterocycles. The van der Waals surface area contributed by atoms with Crippen molar-refractivity contribution in [2.45, 2.75) is 25.5 Å². The molecule has 3 heterocycles. The fourth-order valence-corrected chi connectivity index (χ4v) is 4.50. The van der Waals surface area contributed by atoms with Gasteiger partial charge < -0.3 is 15.0 Å². The molecule has 2 aliphatic rings. The third kappa shape index (κ3) is 4.70. The second-order valence-electron chi connectivity index (χ2n) is 8.82. The van der Waals surface area contributed by atoms with Gasteiger partial charge in [0.25, 0.3) is 0 Å². The number of rotatable bonds is 6. The smallest absolute Gasteiger partial charge is 0.414 e. The van der Waals surface area contributed by atoms with E-state index < -0.39 is 18.0 Å². The highest BCUT2D eigenvalue weighted by atomic mass is 19.1. The number of nitriles is 1. The number of nitrogens with zero attached hydrogens (tertiary/aromatic N) is 6. The highest BCUT2D eigenvalue weighted by molar-refractivity contribution is 5.90. The molecule has 0 aliphatic carbocycles. The summed E-state index contributed by atoms with van der Waals surface area (Å²) in [5, 5.41) is 20.7. The molecule has 2 saturated heterocycles. The van der Waals surface area contributed by atoms with E-state index in [0.717, 1.165) is 12.0 Å². The molecule has 0 saturated carbocycles. The average molecular weight is 490 g/mol. The number of hydrogen-bond donors (Lipinski definition) is 1. The number of benzene rings is 2. The minimum absolute atomic E-state index is 0.0277. The maximum Gasteiger partial charge on any atom is 0.414 e. The second-order valence-corrected chi connectivity index (χ2v) is 8.82. The van der Waals surface area contributed by atoms with Gasteiger partial charge in [0.1, 0.15) is 17.6 Å². The first kappa shape index (κ1) is 23.3. The van der Waals surface area contributed by atoms with Gasteiger partial charge in [-0.3, -0.25) is 9.69 Å². The van der Waals surface area contributed by atoms with Crippen molar-refractivity contribution >= 4 is 23.4 Å². The van der Waals surface area contributed by atoms with Gasteiger partial charge >= 0.3 is 6.09 Å². The van der Waals surface area contributed by atoms with Crippen LogP contribution in [0.1, 0.15) is 24.9 Å². The molecule has 0 unspecified atom stereocenters. The van der Waals surface area contributed by atoms with Crippen LogP contribution in [0.15, 0.2) is 48.7 Å². The van der Waals surface area contributed by atoms with Gasteiger partial charge in [0.15, 0.2) is 0 Å². The molecule has 0 radical (unpaired) electrons. The second kappa shape index (κ2) is 9.65. The molecule has 10 nitrogen and oxygen atoms in total. The van der Waals surface area contributed by atoms with E-state index in [4.69, 9.17) is 10.00 Å².